The second-order valence-electron chi connectivity index (χ2n) is 7.01. The Balaban J connectivity index is 1.92. The molecule has 2 fully saturated rings. The predicted octanol–water partition coefficient (Wildman–Crippen LogP) is 3.29. The van der Waals surface area contributed by atoms with Gasteiger partial charge in [0.05, 0.1) is 6.10 Å². The van der Waals surface area contributed by atoms with Crippen molar-refractivity contribution < 1.29 is 5.11 Å². The minimum absolute atomic E-state index is 0.0780. The molecular formula is C16H31NO. The number of hydrogen-bond donors (Lipinski definition) is 1. The fraction of sp³-hybridized carbons (Fsp3) is 1.00. The van der Waals surface area contributed by atoms with Gasteiger partial charge in [0, 0.05) is 5.54 Å². The number of nitrogens with zero attached hydrogens (tertiary/aromatic N) is 1. The molecule has 0 saturated heterocycles. The summed E-state index contributed by atoms with van der Waals surface area (Å²) < 4.78 is 0. The van der Waals surface area contributed by atoms with Crippen molar-refractivity contribution in [2.24, 2.45) is 17.8 Å². The largest absolute Gasteiger partial charge is 0.391 e. The second kappa shape index (κ2) is 5.50. The van der Waals surface area contributed by atoms with Crippen LogP contribution in [-0.4, -0.2) is 34.7 Å². The monoisotopic (exact) mass is 253 g/mol. The fourth-order valence-corrected chi connectivity index (χ4v) is 4.49. The van der Waals surface area contributed by atoms with Gasteiger partial charge in [-0.25, -0.2) is 0 Å². The van der Waals surface area contributed by atoms with Crippen LogP contribution in [0.2, 0.25) is 0 Å². The summed E-state index contributed by atoms with van der Waals surface area (Å²) in [5.41, 5.74) is -0.0780. The quantitative estimate of drug-likeness (QED) is 0.785. The maximum absolute atomic E-state index is 10.7. The van der Waals surface area contributed by atoms with Gasteiger partial charge in [0.1, 0.15) is 0 Å². The smallest absolute Gasteiger partial charge is 0.0721 e. The van der Waals surface area contributed by atoms with E-state index in [1.54, 1.807) is 0 Å². The lowest BCUT2D eigenvalue weighted by atomic mass is 9.80. The van der Waals surface area contributed by atoms with Crippen LogP contribution in [0.3, 0.4) is 0 Å². The topological polar surface area (TPSA) is 23.5 Å². The van der Waals surface area contributed by atoms with Gasteiger partial charge in [0.2, 0.25) is 0 Å². The maximum Gasteiger partial charge on any atom is 0.0721 e. The van der Waals surface area contributed by atoms with Gasteiger partial charge in [-0.15, -0.1) is 0 Å². The molecule has 2 aliphatic carbocycles. The molecule has 106 valence electrons. The molecule has 4 unspecified atom stereocenters. The molecule has 2 nitrogen and oxygen atoms in total. The first-order valence-electron chi connectivity index (χ1n) is 7.92. The van der Waals surface area contributed by atoms with E-state index in [9.17, 15) is 5.11 Å². The van der Waals surface area contributed by atoms with Crippen LogP contribution in [0.4, 0.5) is 0 Å². The van der Waals surface area contributed by atoms with Gasteiger partial charge in [0.15, 0.2) is 0 Å². The standard InChI is InChI=1S/C16H31NO/c1-5-17(6-2)16(3,4)15(18)11-14-10-12-7-8-13(14)9-12/h12-15,18H,5-11H2,1-4H3. The molecule has 18 heavy (non-hydrogen) atoms. The Kier molecular flexibility index (Phi) is 4.38. The Morgan fingerprint density at radius 3 is 2.28 bits per heavy atom. The molecule has 2 rings (SSSR count). The Morgan fingerprint density at radius 2 is 1.83 bits per heavy atom. The van der Waals surface area contributed by atoms with Crippen LogP contribution in [0.25, 0.3) is 0 Å². The molecule has 0 heterocycles. The summed E-state index contributed by atoms with van der Waals surface area (Å²) in [5, 5.41) is 10.7. The second-order valence-corrected chi connectivity index (χ2v) is 7.01. The van der Waals surface area contributed by atoms with Crippen LogP contribution < -0.4 is 0 Å². The highest BCUT2D eigenvalue weighted by molar-refractivity contribution is 4.95. The summed E-state index contributed by atoms with van der Waals surface area (Å²) in [6, 6.07) is 0. The number of hydrogen-bond acceptors (Lipinski definition) is 2. The van der Waals surface area contributed by atoms with Gasteiger partial charge in [-0.1, -0.05) is 20.3 Å². The van der Waals surface area contributed by atoms with E-state index in [2.05, 4.69) is 32.6 Å². The van der Waals surface area contributed by atoms with Gasteiger partial charge in [-0.2, -0.15) is 0 Å². The van der Waals surface area contributed by atoms with E-state index in [1.807, 2.05) is 0 Å². The summed E-state index contributed by atoms with van der Waals surface area (Å²) in [7, 11) is 0. The highest BCUT2D eigenvalue weighted by Gasteiger charge is 2.42. The lowest BCUT2D eigenvalue weighted by Crippen LogP contribution is -2.53. The minimum atomic E-state index is -0.179. The van der Waals surface area contributed by atoms with E-state index in [4.69, 9.17) is 0 Å². The summed E-state index contributed by atoms with van der Waals surface area (Å²) >= 11 is 0. The van der Waals surface area contributed by atoms with Gasteiger partial charge < -0.3 is 5.11 Å². The lowest BCUT2D eigenvalue weighted by molar-refractivity contribution is -0.0219. The van der Waals surface area contributed by atoms with Crippen LogP contribution in [0.5, 0.6) is 0 Å². The highest BCUT2D eigenvalue weighted by atomic mass is 16.3. The van der Waals surface area contributed by atoms with Crippen molar-refractivity contribution in [2.45, 2.75) is 71.4 Å². The van der Waals surface area contributed by atoms with Crippen LogP contribution >= 0.6 is 0 Å². The van der Waals surface area contributed by atoms with Crippen LogP contribution in [-0.2, 0) is 0 Å². The third-order valence-electron chi connectivity index (χ3n) is 5.80. The average molecular weight is 253 g/mol. The molecule has 1 N–H and O–H groups in total. The Labute approximate surface area is 113 Å². The lowest BCUT2D eigenvalue weighted by Gasteiger charge is -2.42. The predicted molar refractivity (Wildman–Crippen MR) is 76.6 cm³/mol. The molecule has 2 aliphatic rings. The van der Waals surface area contributed by atoms with E-state index in [-0.39, 0.29) is 11.6 Å². The van der Waals surface area contributed by atoms with E-state index in [0.29, 0.717) is 0 Å². The minimum Gasteiger partial charge on any atom is -0.391 e. The SMILES string of the molecule is CCN(CC)C(C)(C)C(O)CC1CC2CCC1C2. The molecule has 2 heteroatoms. The molecule has 0 aromatic carbocycles. The first-order valence-corrected chi connectivity index (χ1v) is 7.92. The molecule has 0 spiro atoms. The molecule has 2 bridgehead atoms. The van der Waals surface area contributed by atoms with Gasteiger partial charge >= 0.3 is 0 Å². The van der Waals surface area contributed by atoms with Crippen LogP contribution in [0.15, 0.2) is 0 Å². The van der Waals surface area contributed by atoms with Crippen molar-refractivity contribution >= 4 is 0 Å². The zero-order valence-electron chi connectivity index (χ0n) is 12.7. The van der Waals surface area contributed by atoms with Gasteiger partial charge in [-0.05, 0) is 70.4 Å². The van der Waals surface area contributed by atoms with E-state index < -0.39 is 0 Å². The first-order chi connectivity index (χ1) is 8.48. The Hall–Kier alpha value is -0.0800. The van der Waals surface area contributed by atoms with Gasteiger partial charge in [-0.3, -0.25) is 4.90 Å². The number of fused-ring (bicyclic) bond motifs is 2. The van der Waals surface area contributed by atoms with Crippen LogP contribution in [0.1, 0.15) is 59.8 Å². The Morgan fingerprint density at radius 1 is 1.17 bits per heavy atom. The zero-order chi connectivity index (χ0) is 13.3. The van der Waals surface area contributed by atoms with E-state index in [1.165, 1.54) is 25.7 Å². The number of aliphatic hydroxyl groups excluding tert-OH is 1. The third kappa shape index (κ3) is 2.60. The number of likely N-dealkylation sites (N-methyl/N-ethyl adjacent to an activating group) is 1. The Bertz CT molecular complexity index is 272. The normalized spacial score (nSPS) is 33.3. The maximum atomic E-state index is 10.7. The average Bonchev–Trinajstić information content (AvgIpc) is 2.92. The molecule has 0 amide bonds. The molecule has 4 atom stereocenters. The highest BCUT2D eigenvalue weighted by Crippen LogP contribution is 2.50. The van der Waals surface area contributed by atoms with Crippen molar-refractivity contribution in [3.8, 4) is 0 Å². The molecule has 0 aliphatic heterocycles. The first kappa shape index (κ1) is 14.3. The van der Waals surface area contributed by atoms with E-state index >= 15 is 0 Å². The van der Waals surface area contributed by atoms with Crippen molar-refractivity contribution in [2.75, 3.05) is 13.1 Å². The van der Waals surface area contributed by atoms with Crippen molar-refractivity contribution in [3.05, 3.63) is 0 Å². The number of aliphatic hydroxyl groups is 1. The van der Waals surface area contributed by atoms with Gasteiger partial charge in [0.25, 0.3) is 0 Å². The summed E-state index contributed by atoms with van der Waals surface area (Å²) in [6.45, 7) is 10.8. The summed E-state index contributed by atoms with van der Waals surface area (Å²) in [6.07, 6.45) is 6.55. The van der Waals surface area contributed by atoms with E-state index in [0.717, 1.165) is 37.3 Å². The molecule has 0 aromatic rings. The molecule has 0 radical (unpaired) electrons. The fourth-order valence-electron chi connectivity index (χ4n) is 4.49. The van der Waals surface area contributed by atoms with Crippen molar-refractivity contribution in [1.82, 2.24) is 4.90 Å². The number of rotatable bonds is 6. The molecular weight excluding hydrogens is 222 g/mol. The molecule has 0 aromatic heterocycles. The summed E-state index contributed by atoms with van der Waals surface area (Å²) in [4.78, 5) is 2.39. The van der Waals surface area contributed by atoms with Crippen molar-refractivity contribution in [3.63, 3.8) is 0 Å². The third-order valence-corrected chi connectivity index (χ3v) is 5.80. The van der Waals surface area contributed by atoms with Crippen LogP contribution in [0, 0.1) is 17.8 Å². The summed E-state index contributed by atoms with van der Waals surface area (Å²) in [5.74, 6) is 2.72. The zero-order valence-corrected chi connectivity index (χ0v) is 12.7. The van der Waals surface area contributed by atoms with Crippen molar-refractivity contribution in [1.29, 1.82) is 0 Å². The molecule has 2 saturated carbocycles.